The number of aldehydes is 1. The molecule has 5 nitrogen and oxygen atoms in total. The standard InChI is InChI=1S/C33H46N2O3S/c1-24(25(2)39(37)34-3)9-4-5-10-27-15-16-29(27)20-35-22-33(18-8-12-28-11-6-7-13-30(28)33)23-38-32-17-14-26(21-36)19-31(32)35/h6-7,11,13-14,17,19,21,24-25,27,29,34H,4-5,8-10,12,15-16,18,20,22-23H2,1-3H3. The van der Waals surface area contributed by atoms with E-state index in [0.29, 0.717) is 18.4 Å². The Hall–Kier alpha value is -2.18. The topological polar surface area (TPSA) is 58.6 Å². The van der Waals surface area contributed by atoms with Crippen LogP contribution in [0.3, 0.4) is 0 Å². The molecule has 0 bridgehead atoms. The zero-order chi connectivity index (χ0) is 27.4. The lowest BCUT2D eigenvalue weighted by molar-refractivity contribution is 0.112. The Morgan fingerprint density at radius 1 is 1.15 bits per heavy atom. The SMILES string of the molecule is CNS(=O)C(C)C(C)CCCCC1CCC1CN1CC2(CCCc3ccccc32)COc2ccc(C=O)cc21. The summed E-state index contributed by atoms with van der Waals surface area (Å²) < 4.78 is 21.5. The Bertz CT molecular complexity index is 1170. The van der Waals surface area contributed by atoms with Crippen LogP contribution in [-0.2, 0) is 22.8 Å². The van der Waals surface area contributed by atoms with Gasteiger partial charge in [-0.2, -0.15) is 0 Å². The van der Waals surface area contributed by atoms with E-state index in [-0.39, 0.29) is 10.7 Å². The molecule has 3 aliphatic rings. The van der Waals surface area contributed by atoms with E-state index in [2.05, 4.69) is 47.7 Å². The number of carbonyl (C=O) groups excluding carboxylic acids is 1. The molecule has 1 spiro atoms. The number of aryl methyl sites for hydroxylation is 1. The third-order valence-corrected chi connectivity index (χ3v) is 11.5. The molecule has 0 amide bonds. The van der Waals surface area contributed by atoms with Crippen LogP contribution in [-0.4, -0.2) is 42.5 Å². The second-order valence-electron chi connectivity index (χ2n) is 12.4. The van der Waals surface area contributed by atoms with Gasteiger partial charge < -0.3 is 9.64 Å². The number of unbranched alkanes of at least 4 members (excludes halogenated alkanes) is 1. The molecule has 1 N–H and O–H groups in total. The fraction of sp³-hybridized carbons (Fsp3) is 0.606. The maximum atomic E-state index is 12.1. The first kappa shape index (κ1) is 28.4. The maximum Gasteiger partial charge on any atom is 0.150 e. The zero-order valence-corrected chi connectivity index (χ0v) is 24.8. The predicted octanol–water partition coefficient (Wildman–Crippen LogP) is 6.47. The molecule has 1 saturated carbocycles. The van der Waals surface area contributed by atoms with Crippen molar-refractivity contribution in [1.29, 1.82) is 0 Å². The lowest BCUT2D eigenvalue weighted by Gasteiger charge is -2.44. The number of nitrogens with zero attached hydrogens (tertiary/aromatic N) is 1. The van der Waals surface area contributed by atoms with Crippen LogP contribution < -0.4 is 14.4 Å². The first-order valence-corrected chi connectivity index (χ1v) is 16.3. The van der Waals surface area contributed by atoms with E-state index in [1.807, 2.05) is 18.2 Å². The summed E-state index contributed by atoms with van der Waals surface area (Å²) in [6, 6.07) is 14.9. The minimum atomic E-state index is -0.945. The third kappa shape index (κ3) is 6.12. The van der Waals surface area contributed by atoms with Gasteiger partial charge in [-0.15, -0.1) is 0 Å². The molecule has 6 unspecified atom stereocenters. The zero-order valence-electron chi connectivity index (χ0n) is 24.0. The fourth-order valence-electron chi connectivity index (χ4n) is 7.22. The number of anilines is 1. The number of hydrogen-bond donors (Lipinski definition) is 1. The van der Waals surface area contributed by atoms with Crippen molar-refractivity contribution in [3.63, 3.8) is 0 Å². The number of fused-ring (bicyclic) bond motifs is 3. The Morgan fingerprint density at radius 2 is 1.97 bits per heavy atom. The van der Waals surface area contributed by atoms with Crippen LogP contribution in [0.2, 0.25) is 0 Å². The lowest BCUT2D eigenvalue weighted by Crippen LogP contribution is -2.48. The van der Waals surface area contributed by atoms with E-state index in [1.54, 1.807) is 7.05 Å². The highest BCUT2D eigenvalue weighted by molar-refractivity contribution is 7.83. The Kier molecular flexibility index (Phi) is 9.13. The summed E-state index contributed by atoms with van der Waals surface area (Å²) in [5.41, 5.74) is 4.71. The summed E-state index contributed by atoms with van der Waals surface area (Å²) in [5, 5.41) is 0.185. The van der Waals surface area contributed by atoms with Gasteiger partial charge in [-0.25, -0.2) is 8.93 Å². The van der Waals surface area contributed by atoms with Gasteiger partial charge in [0.05, 0.1) is 23.3 Å². The van der Waals surface area contributed by atoms with Crippen LogP contribution in [0.25, 0.3) is 0 Å². The van der Waals surface area contributed by atoms with Crippen LogP contribution in [0, 0.1) is 17.8 Å². The van der Waals surface area contributed by atoms with E-state index >= 15 is 0 Å². The smallest absolute Gasteiger partial charge is 0.150 e. The van der Waals surface area contributed by atoms with E-state index in [0.717, 1.165) is 61.6 Å². The molecular formula is C33H46N2O3S. The average molecular weight is 551 g/mol. The second-order valence-corrected chi connectivity index (χ2v) is 14.1. The fourth-order valence-corrected chi connectivity index (χ4v) is 8.15. The summed E-state index contributed by atoms with van der Waals surface area (Å²) in [6.45, 7) is 6.99. The molecule has 0 aromatic heterocycles. The minimum absolute atomic E-state index is 0.0191. The van der Waals surface area contributed by atoms with Crippen molar-refractivity contribution in [2.45, 2.75) is 82.3 Å². The van der Waals surface area contributed by atoms with Crippen molar-refractivity contribution in [2.24, 2.45) is 17.8 Å². The van der Waals surface area contributed by atoms with Crippen molar-refractivity contribution < 1.29 is 13.7 Å². The van der Waals surface area contributed by atoms with Gasteiger partial charge in [-0.05, 0) is 99.6 Å². The molecule has 2 aromatic rings. The summed E-state index contributed by atoms with van der Waals surface area (Å²) >= 11 is 0. The number of rotatable bonds is 11. The first-order chi connectivity index (χ1) is 18.9. The molecule has 1 aliphatic heterocycles. The van der Waals surface area contributed by atoms with E-state index in [1.165, 1.54) is 49.7 Å². The largest absolute Gasteiger partial charge is 0.490 e. The number of ether oxygens (including phenoxy) is 1. The number of hydrogen-bond acceptors (Lipinski definition) is 4. The van der Waals surface area contributed by atoms with Crippen LogP contribution >= 0.6 is 0 Å². The molecule has 0 saturated heterocycles. The number of benzene rings is 2. The number of nitrogens with one attached hydrogen (secondary N) is 1. The quantitative estimate of drug-likeness (QED) is 0.257. The van der Waals surface area contributed by atoms with E-state index in [9.17, 15) is 9.00 Å². The normalized spacial score (nSPS) is 26.4. The Balaban J connectivity index is 1.28. The molecule has 212 valence electrons. The van der Waals surface area contributed by atoms with Crippen LogP contribution in [0.1, 0.15) is 86.7 Å². The average Bonchev–Trinajstić information content (AvgIpc) is 3.11. The van der Waals surface area contributed by atoms with Crippen molar-refractivity contribution in [3.8, 4) is 5.75 Å². The van der Waals surface area contributed by atoms with Gasteiger partial charge in [0.15, 0.2) is 0 Å². The molecular weight excluding hydrogens is 504 g/mol. The van der Waals surface area contributed by atoms with E-state index in [4.69, 9.17) is 4.74 Å². The highest BCUT2D eigenvalue weighted by Gasteiger charge is 2.43. The van der Waals surface area contributed by atoms with Gasteiger partial charge in [0.1, 0.15) is 12.0 Å². The Morgan fingerprint density at radius 3 is 2.74 bits per heavy atom. The molecule has 2 aliphatic carbocycles. The minimum Gasteiger partial charge on any atom is -0.490 e. The van der Waals surface area contributed by atoms with Gasteiger partial charge >= 0.3 is 0 Å². The van der Waals surface area contributed by atoms with Gasteiger partial charge in [-0.1, -0.05) is 50.5 Å². The van der Waals surface area contributed by atoms with Crippen LogP contribution in [0.4, 0.5) is 5.69 Å². The molecule has 6 atom stereocenters. The lowest BCUT2D eigenvalue weighted by atomic mass is 9.68. The number of carbonyl (C=O) groups is 1. The van der Waals surface area contributed by atoms with Crippen molar-refractivity contribution >= 4 is 23.0 Å². The highest BCUT2D eigenvalue weighted by atomic mass is 32.2. The van der Waals surface area contributed by atoms with Crippen molar-refractivity contribution in [2.75, 3.05) is 31.6 Å². The third-order valence-electron chi connectivity index (χ3n) is 10.0. The molecule has 1 heterocycles. The van der Waals surface area contributed by atoms with Gasteiger partial charge in [0, 0.05) is 29.3 Å². The summed E-state index contributed by atoms with van der Waals surface area (Å²) in [4.78, 5) is 14.3. The molecule has 6 heteroatoms. The molecule has 1 fully saturated rings. The van der Waals surface area contributed by atoms with Crippen LogP contribution in [0.15, 0.2) is 42.5 Å². The molecule has 2 aromatic carbocycles. The summed E-state index contributed by atoms with van der Waals surface area (Å²) in [5.74, 6) is 2.82. The molecule has 0 radical (unpaired) electrons. The van der Waals surface area contributed by atoms with E-state index < -0.39 is 11.0 Å². The Labute approximate surface area is 237 Å². The first-order valence-electron chi connectivity index (χ1n) is 15.1. The molecule has 5 rings (SSSR count). The van der Waals surface area contributed by atoms with Crippen molar-refractivity contribution in [1.82, 2.24) is 4.72 Å². The van der Waals surface area contributed by atoms with Crippen LogP contribution in [0.5, 0.6) is 5.75 Å². The van der Waals surface area contributed by atoms with Gasteiger partial charge in [0.2, 0.25) is 0 Å². The summed E-state index contributed by atoms with van der Waals surface area (Å²) in [7, 11) is 0.832. The monoisotopic (exact) mass is 550 g/mol. The van der Waals surface area contributed by atoms with Gasteiger partial charge in [0.25, 0.3) is 0 Å². The van der Waals surface area contributed by atoms with Crippen molar-refractivity contribution in [3.05, 3.63) is 59.2 Å². The predicted molar refractivity (Wildman–Crippen MR) is 161 cm³/mol. The second kappa shape index (κ2) is 12.6. The van der Waals surface area contributed by atoms with Gasteiger partial charge in [-0.3, -0.25) is 4.79 Å². The molecule has 39 heavy (non-hydrogen) atoms. The maximum absolute atomic E-state index is 12.1. The summed E-state index contributed by atoms with van der Waals surface area (Å²) in [6.07, 6.45) is 11.9. The highest BCUT2D eigenvalue weighted by Crippen LogP contribution is 2.46.